The van der Waals surface area contributed by atoms with Gasteiger partial charge in [0, 0.05) is 6.42 Å². The fourth-order valence-electron chi connectivity index (χ4n) is 2.26. The summed E-state index contributed by atoms with van der Waals surface area (Å²) in [6, 6.07) is 4.94. The predicted octanol–water partition coefficient (Wildman–Crippen LogP) is 4.63. The van der Waals surface area contributed by atoms with Gasteiger partial charge in [0.15, 0.2) is 17.3 Å². The molecule has 0 saturated carbocycles. The number of Topliss-reactive ketones (excluding diaryl/α,β-unsaturated/α-hetero) is 1. The van der Waals surface area contributed by atoms with Crippen molar-refractivity contribution in [1.29, 1.82) is 0 Å². The second-order valence-electron chi connectivity index (χ2n) is 5.46. The molecule has 2 rings (SSSR count). The van der Waals surface area contributed by atoms with Gasteiger partial charge in [-0.3, -0.25) is 19.7 Å². The Morgan fingerprint density at radius 2 is 1.97 bits per heavy atom. The van der Waals surface area contributed by atoms with E-state index in [1.807, 2.05) is 0 Å². The number of hydrogen-bond acceptors (Lipinski definition) is 8. The average Bonchev–Trinajstić information content (AvgIpc) is 3.10. The maximum Gasteiger partial charge on any atom is 0.387 e. The third-order valence-electron chi connectivity index (χ3n) is 3.57. The lowest BCUT2D eigenvalue weighted by Gasteiger charge is -2.12. The molecule has 1 aromatic carbocycles. The summed E-state index contributed by atoms with van der Waals surface area (Å²) in [6.07, 6.45) is -0.367. The summed E-state index contributed by atoms with van der Waals surface area (Å²) in [5.41, 5.74) is -0.670. The van der Waals surface area contributed by atoms with Crippen LogP contribution in [-0.2, 0) is 16.1 Å². The van der Waals surface area contributed by atoms with E-state index in [9.17, 15) is 28.5 Å². The van der Waals surface area contributed by atoms with Gasteiger partial charge in [-0.2, -0.15) is 8.78 Å². The summed E-state index contributed by atoms with van der Waals surface area (Å²) >= 11 is 6.83. The molecule has 0 aliphatic heterocycles. The Labute approximate surface area is 172 Å². The zero-order valence-corrected chi connectivity index (χ0v) is 16.4. The lowest BCUT2D eigenvalue weighted by molar-refractivity contribution is -0.386. The molecule has 0 radical (unpaired) electrons. The highest BCUT2D eigenvalue weighted by Gasteiger charge is 2.23. The topological polar surface area (TPSA) is 105 Å². The van der Waals surface area contributed by atoms with Gasteiger partial charge < -0.3 is 14.2 Å². The summed E-state index contributed by atoms with van der Waals surface area (Å²) in [4.78, 5) is 34.6. The molecule has 12 heteroatoms. The van der Waals surface area contributed by atoms with E-state index in [0.29, 0.717) is 9.21 Å². The van der Waals surface area contributed by atoms with E-state index < -0.39 is 35.5 Å². The van der Waals surface area contributed by atoms with E-state index in [-0.39, 0.29) is 29.9 Å². The molecule has 0 spiro atoms. The van der Waals surface area contributed by atoms with Crippen LogP contribution in [0.4, 0.5) is 14.5 Å². The number of ketones is 1. The van der Waals surface area contributed by atoms with Gasteiger partial charge in [-0.1, -0.05) is 11.6 Å². The minimum Gasteiger partial charge on any atom is -0.493 e. The maximum absolute atomic E-state index is 12.4. The van der Waals surface area contributed by atoms with Gasteiger partial charge in [0.25, 0.3) is 5.69 Å². The fourth-order valence-corrected chi connectivity index (χ4v) is 3.27. The summed E-state index contributed by atoms with van der Waals surface area (Å²) in [5, 5.41) is 11.2. The monoisotopic (exact) mass is 449 g/mol. The molecule has 156 valence electrons. The first-order valence-corrected chi connectivity index (χ1v) is 9.15. The number of methoxy groups -OCH3 is 1. The van der Waals surface area contributed by atoms with E-state index in [1.54, 1.807) is 12.1 Å². The number of esters is 1. The van der Waals surface area contributed by atoms with Crippen LogP contribution in [0.5, 0.6) is 11.5 Å². The standard InChI is InChI=1S/C17H14ClF2NO7S/c1-26-12-6-9(10(21(24)25)7-13(12)28-17(19)20)8-27-16(23)5-2-11(22)14-3-4-15(18)29-14/h3-4,6-7,17H,2,5,8H2,1H3. The van der Waals surface area contributed by atoms with Crippen LogP contribution in [0.25, 0.3) is 0 Å². The highest BCUT2D eigenvalue weighted by molar-refractivity contribution is 7.18. The van der Waals surface area contributed by atoms with Crippen molar-refractivity contribution in [3.8, 4) is 11.5 Å². The Morgan fingerprint density at radius 3 is 2.52 bits per heavy atom. The fraction of sp³-hybridized carbons (Fsp3) is 0.294. The number of thiophene rings is 1. The highest BCUT2D eigenvalue weighted by atomic mass is 35.5. The molecular weight excluding hydrogens is 436 g/mol. The molecule has 0 atom stereocenters. The van der Waals surface area contributed by atoms with Crippen molar-refractivity contribution in [3.63, 3.8) is 0 Å². The predicted molar refractivity (Wildman–Crippen MR) is 99.0 cm³/mol. The number of nitro groups is 1. The first-order chi connectivity index (χ1) is 13.7. The number of hydrogen-bond donors (Lipinski definition) is 0. The zero-order valence-electron chi connectivity index (χ0n) is 14.9. The zero-order chi connectivity index (χ0) is 21.6. The number of benzene rings is 1. The van der Waals surface area contributed by atoms with Gasteiger partial charge in [0.1, 0.15) is 6.61 Å². The van der Waals surface area contributed by atoms with E-state index in [2.05, 4.69) is 4.74 Å². The Morgan fingerprint density at radius 1 is 1.24 bits per heavy atom. The van der Waals surface area contributed by atoms with Crippen molar-refractivity contribution in [2.24, 2.45) is 0 Å². The molecule has 0 bridgehead atoms. The molecule has 0 saturated heterocycles. The molecule has 0 fully saturated rings. The first-order valence-electron chi connectivity index (χ1n) is 7.95. The molecule has 0 aliphatic carbocycles. The van der Waals surface area contributed by atoms with Gasteiger partial charge in [0.05, 0.1) is 39.3 Å². The molecule has 0 aliphatic rings. The summed E-state index contributed by atoms with van der Waals surface area (Å²) < 4.78 is 39.4. The van der Waals surface area contributed by atoms with Crippen molar-refractivity contribution in [3.05, 3.63) is 49.2 Å². The van der Waals surface area contributed by atoms with E-state index in [4.69, 9.17) is 21.1 Å². The smallest absolute Gasteiger partial charge is 0.387 e. The van der Waals surface area contributed by atoms with E-state index in [0.717, 1.165) is 30.6 Å². The molecule has 0 unspecified atom stereocenters. The van der Waals surface area contributed by atoms with Crippen molar-refractivity contribution in [2.45, 2.75) is 26.1 Å². The maximum atomic E-state index is 12.4. The summed E-state index contributed by atoms with van der Waals surface area (Å²) in [6.45, 7) is -3.72. The summed E-state index contributed by atoms with van der Waals surface area (Å²) in [7, 11) is 1.16. The number of carbonyl (C=O) groups excluding carboxylic acids is 2. The second-order valence-corrected chi connectivity index (χ2v) is 7.17. The third-order valence-corrected chi connectivity index (χ3v) is 4.84. The number of alkyl halides is 2. The average molecular weight is 450 g/mol. The van der Waals surface area contributed by atoms with E-state index in [1.165, 1.54) is 0 Å². The Balaban J connectivity index is 2.03. The number of rotatable bonds is 10. The van der Waals surface area contributed by atoms with Crippen molar-refractivity contribution >= 4 is 40.4 Å². The minimum atomic E-state index is -3.21. The molecule has 1 heterocycles. The first kappa shape index (κ1) is 22.5. The molecule has 0 N–H and O–H groups in total. The largest absolute Gasteiger partial charge is 0.493 e. The SMILES string of the molecule is COc1cc(COC(=O)CCC(=O)c2ccc(Cl)s2)c([N+](=O)[O-])cc1OC(F)F. The molecule has 8 nitrogen and oxygen atoms in total. The third kappa shape index (κ3) is 6.36. The van der Waals surface area contributed by atoms with Crippen LogP contribution >= 0.6 is 22.9 Å². The van der Waals surface area contributed by atoms with Crippen LogP contribution in [-0.4, -0.2) is 30.4 Å². The van der Waals surface area contributed by atoms with Gasteiger partial charge in [0.2, 0.25) is 0 Å². The van der Waals surface area contributed by atoms with Crippen LogP contribution in [0.3, 0.4) is 0 Å². The Kier molecular flexibility index (Phi) is 7.85. The van der Waals surface area contributed by atoms with Gasteiger partial charge in [-0.25, -0.2) is 0 Å². The van der Waals surface area contributed by atoms with E-state index >= 15 is 0 Å². The lowest BCUT2D eigenvalue weighted by Crippen LogP contribution is -2.09. The normalized spacial score (nSPS) is 10.7. The quantitative estimate of drug-likeness (QED) is 0.225. The Hall–Kier alpha value is -2.79. The highest BCUT2D eigenvalue weighted by Crippen LogP contribution is 2.36. The number of ether oxygens (including phenoxy) is 3. The van der Waals surface area contributed by atoms with Crippen LogP contribution in [0.2, 0.25) is 4.34 Å². The molecule has 1 aromatic heterocycles. The van der Waals surface area contributed by atoms with Gasteiger partial charge in [-0.15, -0.1) is 11.3 Å². The van der Waals surface area contributed by atoms with Crippen molar-refractivity contribution < 1.29 is 37.5 Å². The molecular formula is C17H14ClF2NO7S. The van der Waals surface area contributed by atoms with Crippen LogP contribution in [0, 0.1) is 10.1 Å². The second kappa shape index (κ2) is 10.1. The molecule has 2 aromatic rings. The van der Waals surface area contributed by atoms with Gasteiger partial charge in [-0.05, 0) is 18.2 Å². The number of nitro benzene ring substituents is 1. The van der Waals surface area contributed by atoms with Crippen molar-refractivity contribution in [1.82, 2.24) is 0 Å². The number of carbonyl (C=O) groups is 2. The number of halogens is 3. The Bertz CT molecular complexity index is 919. The minimum absolute atomic E-state index is 0.0850. The van der Waals surface area contributed by atoms with Crippen LogP contribution in [0.15, 0.2) is 24.3 Å². The van der Waals surface area contributed by atoms with Crippen LogP contribution < -0.4 is 9.47 Å². The summed E-state index contributed by atoms with van der Waals surface area (Å²) in [5.74, 6) is -1.77. The lowest BCUT2D eigenvalue weighted by atomic mass is 10.1. The molecule has 0 amide bonds. The van der Waals surface area contributed by atoms with Gasteiger partial charge >= 0.3 is 12.6 Å². The van der Waals surface area contributed by atoms with Crippen LogP contribution in [0.1, 0.15) is 28.1 Å². The number of nitrogens with zero attached hydrogens (tertiary/aromatic N) is 1. The van der Waals surface area contributed by atoms with Crippen molar-refractivity contribution in [2.75, 3.05) is 7.11 Å². The molecule has 29 heavy (non-hydrogen) atoms.